The second kappa shape index (κ2) is 9.00. The second-order valence-corrected chi connectivity index (χ2v) is 7.65. The minimum atomic E-state index is -0.0570. The van der Waals surface area contributed by atoms with Crippen LogP contribution in [0.2, 0.25) is 0 Å². The van der Waals surface area contributed by atoms with Gasteiger partial charge in [-0.2, -0.15) is 0 Å². The van der Waals surface area contributed by atoms with Crippen LogP contribution in [0.25, 0.3) is 11.5 Å². The van der Waals surface area contributed by atoms with Crippen molar-refractivity contribution in [1.82, 2.24) is 15.5 Å². The van der Waals surface area contributed by atoms with Gasteiger partial charge in [0.1, 0.15) is 0 Å². The molecule has 2 aromatic carbocycles. The number of fused-ring (bicyclic) bond motifs is 1. The van der Waals surface area contributed by atoms with E-state index >= 15 is 0 Å². The maximum absolute atomic E-state index is 12.2. The lowest BCUT2D eigenvalue weighted by Crippen LogP contribution is -2.34. The first-order chi connectivity index (χ1) is 14.2. The van der Waals surface area contributed by atoms with E-state index in [1.165, 1.54) is 17.3 Å². The molecule has 1 atom stereocenters. The first-order valence-electron chi connectivity index (χ1n) is 9.37. The van der Waals surface area contributed by atoms with E-state index in [1.807, 2.05) is 31.2 Å². The van der Waals surface area contributed by atoms with Crippen molar-refractivity contribution in [3.63, 3.8) is 0 Å². The molecule has 0 radical (unpaired) electrons. The summed E-state index contributed by atoms with van der Waals surface area (Å²) in [6, 6.07) is 15.8. The van der Waals surface area contributed by atoms with Crippen molar-refractivity contribution in [2.75, 3.05) is 12.5 Å². The number of aromatic nitrogens is 2. The number of ether oxygens (including phenoxy) is 2. The van der Waals surface area contributed by atoms with Gasteiger partial charge in [-0.15, -0.1) is 10.2 Å². The molecule has 0 fully saturated rings. The average molecular weight is 411 g/mol. The van der Waals surface area contributed by atoms with Crippen LogP contribution in [0.1, 0.15) is 18.9 Å². The number of amides is 1. The molecule has 4 rings (SSSR count). The summed E-state index contributed by atoms with van der Waals surface area (Å²) in [6.45, 7) is 2.22. The van der Waals surface area contributed by atoms with E-state index in [0.29, 0.717) is 22.6 Å². The first-order valence-corrected chi connectivity index (χ1v) is 10.4. The highest BCUT2D eigenvalue weighted by molar-refractivity contribution is 7.99. The fraction of sp³-hybridized carbons (Fsp3) is 0.286. The van der Waals surface area contributed by atoms with Gasteiger partial charge in [0.05, 0.1) is 5.75 Å². The molecule has 8 heteroatoms. The highest BCUT2D eigenvalue weighted by atomic mass is 32.2. The molecule has 1 aliphatic heterocycles. The van der Waals surface area contributed by atoms with Gasteiger partial charge in [0.25, 0.3) is 5.22 Å². The number of carbonyl (C=O) groups is 1. The molecule has 29 heavy (non-hydrogen) atoms. The number of hydrogen-bond donors (Lipinski definition) is 1. The van der Waals surface area contributed by atoms with Crippen LogP contribution >= 0.6 is 11.8 Å². The van der Waals surface area contributed by atoms with Crippen LogP contribution in [-0.4, -0.2) is 34.7 Å². The Labute approximate surface area is 172 Å². The molecule has 1 aromatic heterocycles. The van der Waals surface area contributed by atoms with Gasteiger partial charge in [-0.05, 0) is 43.5 Å². The van der Waals surface area contributed by atoms with Gasteiger partial charge in [0.15, 0.2) is 11.5 Å². The molecule has 0 bridgehead atoms. The maximum atomic E-state index is 12.2. The Kier molecular flexibility index (Phi) is 6.00. The molecule has 1 aliphatic rings. The highest BCUT2D eigenvalue weighted by Crippen LogP contribution is 2.35. The number of nitrogens with zero attached hydrogens (tertiary/aromatic N) is 2. The summed E-state index contributed by atoms with van der Waals surface area (Å²) in [4.78, 5) is 12.2. The van der Waals surface area contributed by atoms with Crippen LogP contribution in [0.3, 0.4) is 0 Å². The number of benzene rings is 2. The number of nitrogens with one attached hydrogen (secondary N) is 1. The van der Waals surface area contributed by atoms with E-state index in [1.54, 1.807) is 12.1 Å². The van der Waals surface area contributed by atoms with Crippen molar-refractivity contribution >= 4 is 17.7 Å². The largest absolute Gasteiger partial charge is 0.454 e. The Balaban J connectivity index is 1.24. The van der Waals surface area contributed by atoms with Gasteiger partial charge >= 0.3 is 0 Å². The van der Waals surface area contributed by atoms with E-state index in [9.17, 15) is 4.79 Å². The zero-order chi connectivity index (χ0) is 20.1. The quantitative estimate of drug-likeness (QED) is 0.566. The number of thioether (sulfide) groups is 1. The van der Waals surface area contributed by atoms with Crippen LogP contribution in [0.5, 0.6) is 11.5 Å². The monoisotopic (exact) mass is 411 g/mol. The fourth-order valence-corrected chi connectivity index (χ4v) is 3.53. The Morgan fingerprint density at radius 2 is 1.97 bits per heavy atom. The lowest BCUT2D eigenvalue weighted by Gasteiger charge is -2.13. The molecular formula is C21H21N3O4S. The lowest BCUT2D eigenvalue weighted by molar-refractivity contribution is -0.119. The Bertz CT molecular complexity index is 977. The molecule has 0 aliphatic carbocycles. The van der Waals surface area contributed by atoms with Crippen LogP contribution in [0.4, 0.5) is 0 Å². The molecule has 0 unspecified atom stereocenters. The molecule has 1 amide bonds. The predicted molar refractivity (Wildman–Crippen MR) is 109 cm³/mol. The van der Waals surface area contributed by atoms with Crippen molar-refractivity contribution < 1.29 is 18.7 Å². The van der Waals surface area contributed by atoms with E-state index in [2.05, 4.69) is 27.6 Å². The maximum Gasteiger partial charge on any atom is 0.277 e. The van der Waals surface area contributed by atoms with E-state index in [4.69, 9.17) is 13.9 Å². The summed E-state index contributed by atoms with van der Waals surface area (Å²) in [5, 5.41) is 11.4. The van der Waals surface area contributed by atoms with Crippen molar-refractivity contribution in [2.45, 2.75) is 31.0 Å². The van der Waals surface area contributed by atoms with Gasteiger partial charge in [-0.25, -0.2) is 0 Å². The van der Waals surface area contributed by atoms with E-state index in [-0.39, 0.29) is 24.5 Å². The molecular weight excluding hydrogens is 390 g/mol. The summed E-state index contributed by atoms with van der Waals surface area (Å²) in [6.07, 6.45) is 1.81. The first kappa shape index (κ1) is 19.3. The van der Waals surface area contributed by atoms with Crippen molar-refractivity contribution in [2.24, 2.45) is 0 Å². The van der Waals surface area contributed by atoms with Crippen LogP contribution in [0, 0.1) is 0 Å². The van der Waals surface area contributed by atoms with E-state index in [0.717, 1.165) is 18.4 Å². The SMILES string of the molecule is C[C@H](CCc1ccccc1)NC(=O)CSc1nnc(-c2ccc3c(c2)OCO3)o1. The summed E-state index contributed by atoms with van der Waals surface area (Å²) in [7, 11) is 0. The molecule has 0 saturated carbocycles. The van der Waals surface area contributed by atoms with Gasteiger partial charge in [0.2, 0.25) is 18.6 Å². The third-order valence-corrected chi connectivity index (χ3v) is 5.29. The van der Waals surface area contributed by atoms with Gasteiger partial charge < -0.3 is 19.2 Å². The molecule has 0 saturated heterocycles. The zero-order valence-electron chi connectivity index (χ0n) is 16.0. The second-order valence-electron chi connectivity index (χ2n) is 6.72. The number of carbonyl (C=O) groups excluding carboxylic acids is 1. The number of aryl methyl sites for hydroxylation is 1. The van der Waals surface area contributed by atoms with Crippen molar-refractivity contribution in [1.29, 1.82) is 0 Å². The molecule has 1 N–H and O–H groups in total. The third kappa shape index (κ3) is 5.08. The van der Waals surface area contributed by atoms with Crippen LogP contribution in [0.15, 0.2) is 58.2 Å². The van der Waals surface area contributed by atoms with Crippen molar-refractivity contribution in [3.8, 4) is 23.0 Å². The van der Waals surface area contributed by atoms with Gasteiger partial charge in [-0.1, -0.05) is 42.1 Å². The van der Waals surface area contributed by atoms with E-state index < -0.39 is 0 Å². The molecule has 7 nitrogen and oxygen atoms in total. The molecule has 0 spiro atoms. The normalized spacial score (nSPS) is 13.3. The number of hydrogen-bond acceptors (Lipinski definition) is 7. The summed E-state index contributed by atoms with van der Waals surface area (Å²) < 4.78 is 16.3. The Hall–Kier alpha value is -3.00. The van der Waals surface area contributed by atoms with Crippen molar-refractivity contribution in [3.05, 3.63) is 54.1 Å². The van der Waals surface area contributed by atoms with Crippen LogP contribution in [-0.2, 0) is 11.2 Å². The topological polar surface area (TPSA) is 86.5 Å². The smallest absolute Gasteiger partial charge is 0.277 e. The minimum absolute atomic E-state index is 0.0570. The molecule has 2 heterocycles. The Morgan fingerprint density at radius 3 is 2.83 bits per heavy atom. The lowest BCUT2D eigenvalue weighted by atomic mass is 10.1. The summed E-state index contributed by atoms with van der Waals surface area (Å²) in [5.74, 6) is 1.89. The molecule has 150 valence electrons. The average Bonchev–Trinajstić information content (AvgIpc) is 3.40. The summed E-state index contributed by atoms with van der Waals surface area (Å²) in [5.41, 5.74) is 2.01. The third-order valence-electron chi connectivity index (χ3n) is 4.47. The van der Waals surface area contributed by atoms with Crippen LogP contribution < -0.4 is 14.8 Å². The zero-order valence-corrected chi connectivity index (χ0v) is 16.8. The Morgan fingerprint density at radius 1 is 1.14 bits per heavy atom. The van der Waals surface area contributed by atoms with Gasteiger partial charge in [-0.3, -0.25) is 4.79 Å². The fourth-order valence-electron chi connectivity index (χ4n) is 2.96. The molecule has 3 aromatic rings. The highest BCUT2D eigenvalue weighted by Gasteiger charge is 2.17. The standard InChI is InChI=1S/C21H21N3O4S/c1-14(7-8-15-5-3-2-4-6-15)22-19(25)12-29-21-24-23-20(28-21)16-9-10-17-18(11-16)27-13-26-17/h2-6,9-11,14H,7-8,12-13H2,1H3,(H,22,25)/t14-/m1/s1. The van der Waals surface area contributed by atoms with Gasteiger partial charge in [0, 0.05) is 11.6 Å². The minimum Gasteiger partial charge on any atom is -0.454 e. The summed E-state index contributed by atoms with van der Waals surface area (Å²) >= 11 is 1.22. The predicted octanol–water partition coefficient (Wildman–Crippen LogP) is 3.69. The number of rotatable bonds is 8.